The fourth-order valence-electron chi connectivity index (χ4n) is 2.95. The van der Waals surface area contributed by atoms with Crippen LogP contribution < -0.4 is 5.32 Å². The molecule has 132 valence electrons. The maximum atomic E-state index is 12.5. The lowest BCUT2D eigenvalue weighted by Crippen LogP contribution is -2.41. The molecule has 1 aliphatic heterocycles. The summed E-state index contributed by atoms with van der Waals surface area (Å²) in [5.41, 5.74) is 0.721. The van der Waals surface area contributed by atoms with E-state index in [0.29, 0.717) is 26.2 Å². The van der Waals surface area contributed by atoms with E-state index in [-0.39, 0.29) is 24.2 Å². The summed E-state index contributed by atoms with van der Waals surface area (Å²) in [6, 6.07) is 9.36. The smallest absolute Gasteiger partial charge is 0.253 e. The van der Waals surface area contributed by atoms with Gasteiger partial charge in [0.15, 0.2) is 0 Å². The second-order valence-corrected chi connectivity index (χ2v) is 6.47. The molecular formula is C18H26ClN3O2. The summed E-state index contributed by atoms with van der Waals surface area (Å²) < 4.78 is 0. The van der Waals surface area contributed by atoms with Crippen LogP contribution in [0, 0.1) is 5.92 Å². The Morgan fingerprint density at radius 1 is 1.00 bits per heavy atom. The zero-order chi connectivity index (χ0) is 16.1. The van der Waals surface area contributed by atoms with Crippen molar-refractivity contribution in [3.05, 3.63) is 35.9 Å². The molecule has 6 heteroatoms. The van der Waals surface area contributed by atoms with Crippen molar-refractivity contribution in [2.45, 2.75) is 19.3 Å². The first-order chi connectivity index (χ1) is 11.2. The Bertz CT molecular complexity index is 548. The third kappa shape index (κ3) is 5.21. The van der Waals surface area contributed by atoms with Gasteiger partial charge in [-0.05, 0) is 43.9 Å². The van der Waals surface area contributed by atoms with Gasteiger partial charge in [-0.15, -0.1) is 12.4 Å². The number of rotatable bonds is 5. The van der Waals surface area contributed by atoms with Gasteiger partial charge in [0, 0.05) is 31.7 Å². The number of benzene rings is 1. The molecule has 1 aromatic rings. The van der Waals surface area contributed by atoms with Crippen LogP contribution in [0.5, 0.6) is 0 Å². The number of carbonyl (C=O) groups is 2. The molecule has 1 saturated heterocycles. The summed E-state index contributed by atoms with van der Waals surface area (Å²) in [5, 5.41) is 3.25. The molecule has 3 rings (SSSR count). The molecule has 0 atom stereocenters. The molecule has 0 unspecified atom stereocenters. The summed E-state index contributed by atoms with van der Waals surface area (Å²) in [4.78, 5) is 28.5. The lowest BCUT2D eigenvalue weighted by atomic mass is 10.2. The molecule has 0 radical (unpaired) electrons. The third-order valence-corrected chi connectivity index (χ3v) is 4.56. The van der Waals surface area contributed by atoms with Gasteiger partial charge in [0.25, 0.3) is 5.91 Å². The molecule has 0 spiro atoms. The predicted molar refractivity (Wildman–Crippen MR) is 96.4 cm³/mol. The van der Waals surface area contributed by atoms with Crippen LogP contribution in [0.4, 0.5) is 0 Å². The highest BCUT2D eigenvalue weighted by atomic mass is 35.5. The number of nitrogens with zero attached hydrogens (tertiary/aromatic N) is 2. The van der Waals surface area contributed by atoms with Crippen molar-refractivity contribution in [3.8, 4) is 0 Å². The van der Waals surface area contributed by atoms with Crippen LogP contribution in [0.1, 0.15) is 29.6 Å². The normalized spacial score (nSPS) is 17.8. The van der Waals surface area contributed by atoms with Gasteiger partial charge in [0.05, 0.1) is 6.54 Å². The Morgan fingerprint density at radius 3 is 2.38 bits per heavy atom. The first-order valence-electron chi connectivity index (χ1n) is 8.57. The zero-order valence-corrected chi connectivity index (χ0v) is 14.8. The van der Waals surface area contributed by atoms with Crippen LogP contribution in [-0.4, -0.2) is 60.9 Å². The summed E-state index contributed by atoms with van der Waals surface area (Å²) in [6.07, 6.45) is 3.43. The summed E-state index contributed by atoms with van der Waals surface area (Å²) >= 11 is 0. The Balaban J connectivity index is 0.00000208. The molecule has 5 nitrogen and oxygen atoms in total. The number of halogens is 1. The molecule has 2 fully saturated rings. The SMILES string of the molecule is Cl.O=C(CNCC1CC1)N1CCCN(C(=O)c2ccccc2)CC1. The van der Waals surface area contributed by atoms with E-state index in [1.807, 2.05) is 40.1 Å². The zero-order valence-electron chi connectivity index (χ0n) is 13.9. The van der Waals surface area contributed by atoms with Crippen molar-refractivity contribution in [3.63, 3.8) is 0 Å². The van der Waals surface area contributed by atoms with Gasteiger partial charge < -0.3 is 15.1 Å². The monoisotopic (exact) mass is 351 g/mol. The van der Waals surface area contributed by atoms with E-state index in [4.69, 9.17) is 0 Å². The van der Waals surface area contributed by atoms with Crippen LogP contribution in [0.15, 0.2) is 30.3 Å². The minimum Gasteiger partial charge on any atom is -0.340 e. The van der Waals surface area contributed by atoms with E-state index >= 15 is 0 Å². The molecule has 1 aromatic carbocycles. The Morgan fingerprint density at radius 2 is 1.67 bits per heavy atom. The average molecular weight is 352 g/mol. The number of hydrogen-bond acceptors (Lipinski definition) is 3. The summed E-state index contributed by atoms with van der Waals surface area (Å²) in [7, 11) is 0. The fourth-order valence-corrected chi connectivity index (χ4v) is 2.95. The molecule has 24 heavy (non-hydrogen) atoms. The molecule has 1 aliphatic carbocycles. The summed E-state index contributed by atoms with van der Waals surface area (Å²) in [6.45, 7) is 4.07. The van der Waals surface area contributed by atoms with Gasteiger partial charge in [-0.1, -0.05) is 18.2 Å². The molecule has 1 N–H and O–H groups in total. The van der Waals surface area contributed by atoms with Gasteiger partial charge in [0.2, 0.25) is 5.91 Å². The van der Waals surface area contributed by atoms with E-state index in [2.05, 4.69) is 5.32 Å². The molecule has 2 aliphatic rings. The standard InChI is InChI=1S/C18H25N3O2.ClH/c22-17(14-19-13-15-7-8-15)20-9-4-10-21(12-11-20)18(23)16-5-2-1-3-6-16;/h1-3,5-6,15,19H,4,7-14H2;1H. The molecule has 0 bridgehead atoms. The van der Waals surface area contributed by atoms with Gasteiger partial charge in [-0.3, -0.25) is 9.59 Å². The average Bonchev–Trinajstić information content (AvgIpc) is 3.41. The highest BCUT2D eigenvalue weighted by Crippen LogP contribution is 2.27. The van der Waals surface area contributed by atoms with E-state index < -0.39 is 0 Å². The molecule has 1 saturated carbocycles. The second-order valence-electron chi connectivity index (χ2n) is 6.47. The quantitative estimate of drug-likeness (QED) is 0.879. The van der Waals surface area contributed by atoms with Crippen LogP contribution in [0.3, 0.4) is 0 Å². The lowest BCUT2D eigenvalue weighted by Gasteiger charge is -2.22. The predicted octanol–water partition coefficient (Wildman–Crippen LogP) is 1.78. The molecule has 0 aromatic heterocycles. The highest BCUT2D eigenvalue weighted by Gasteiger charge is 2.24. The van der Waals surface area contributed by atoms with Crippen molar-refractivity contribution in [2.75, 3.05) is 39.3 Å². The van der Waals surface area contributed by atoms with E-state index in [1.165, 1.54) is 12.8 Å². The highest BCUT2D eigenvalue weighted by molar-refractivity contribution is 5.94. The summed E-state index contributed by atoms with van der Waals surface area (Å²) in [5.74, 6) is 0.998. The minimum atomic E-state index is 0. The topological polar surface area (TPSA) is 52.7 Å². The van der Waals surface area contributed by atoms with Crippen LogP contribution in [0.25, 0.3) is 0 Å². The first-order valence-corrected chi connectivity index (χ1v) is 8.57. The Labute approximate surface area is 149 Å². The van der Waals surface area contributed by atoms with Crippen LogP contribution >= 0.6 is 12.4 Å². The van der Waals surface area contributed by atoms with Crippen LogP contribution in [-0.2, 0) is 4.79 Å². The lowest BCUT2D eigenvalue weighted by molar-refractivity contribution is -0.130. The number of nitrogens with one attached hydrogen (secondary N) is 1. The van der Waals surface area contributed by atoms with E-state index in [9.17, 15) is 9.59 Å². The van der Waals surface area contributed by atoms with Gasteiger partial charge in [-0.25, -0.2) is 0 Å². The largest absolute Gasteiger partial charge is 0.340 e. The van der Waals surface area contributed by atoms with E-state index in [1.54, 1.807) is 0 Å². The van der Waals surface area contributed by atoms with E-state index in [0.717, 1.165) is 31.0 Å². The Hall–Kier alpha value is -1.59. The molecule has 1 heterocycles. The van der Waals surface area contributed by atoms with Crippen molar-refractivity contribution >= 4 is 24.2 Å². The third-order valence-electron chi connectivity index (χ3n) is 4.56. The minimum absolute atomic E-state index is 0. The number of amides is 2. The van der Waals surface area contributed by atoms with Crippen molar-refractivity contribution < 1.29 is 9.59 Å². The molecular weight excluding hydrogens is 326 g/mol. The van der Waals surface area contributed by atoms with Crippen molar-refractivity contribution in [2.24, 2.45) is 5.92 Å². The van der Waals surface area contributed by atoms with Crippen LogP contribution in [0.2, 0.25) is 0 Å². The molecule has 2 amide bonds. The maximum Gasteiger partial charge on any atom is 0.253 e. The number of hydrogen-bond donors (Lipinski definition) is 1. The Kier molecular flexibility index (Phi) is 7.06. The van der Waals surface area contributed by atoms with Crippen molar-refractivity contribution in [1.29, 1.82) is 0 Å². The van der Waals surface area contributed by atoms with Crippen molar-refractivity contribution in [1.82, 2.24) is 15.1 Å². The maximum absolute atomic E-state index is 12.5. The fraction of sp³-hybridized carbons (Fsp3) is 0.556. The van der Waals surface area contributed by atoms with Gasteiger partial charge in [-0.2, -0.15) is 0 Å². The number of carbonyl (C=O) groups excluding carboxylic acids is 2. The van der Waals surface area contributed by atoms with Gasteiger partial charge >= 0.3 is 0 Å². The van der Waals surface area contributed by atoms with Gasteiger partial charge in [0.1, 0.15) is 0 Å². The first kappa shape index (κ1) is 18.7. The second kappa shape index (κ2) is 9.04.